The Labute approximate surface area is 75.3 Å². The average molecular weight is 174 g/mol. The fraction of sp³-hybridized carbons (Fsp3) is 0. The Morgan fingerprint density at radius 3 is 2.85 bits per heavy atom. The lowest BCUT2D eigenvalue weighted by atomic mass is 10.2. The summed E-state index contributed by atoms with van der Waals surface area (Å²) in [4.78, 5) is 7.02. The van der Waals surface area contributed by atoms with Gasteiger partial charge in [-0.3, -0.25) is 0 Å². The molecule has 5 N–H and O–H groups in total. The molecule has 0 saturated carbocycles. The van der Waals surface area contributed by atoms with Crippen molar-refractivity contribution in [2.75, 3.05) is 0 Å². The minimum atomic E-state index is 0.0749. The van der Waals surface area contributed by atoms with Crippen LogP contribution in [0.25, 0.3) is 10.9 Å². The van der Waals surface area contributed by atoms with Gasteiger partial charge in [0.2, 0.25) is 0 Å². The number of hydrogen-bond donors (Lipinski definition) is 3. The molecule has 2 aromatic rings. The van der Waals surface area contributed by atoms with Gasteiger partial charge in [0.1, 0.15) is 0 Å². The molecular formula is C9H10N4. The van der Waals surface area contributed by atoms with Crippen LogP contribution in [0.3, 0.4) is 0 Å². The highest BCUT2D eigenvalue weighted by molar-refractivity contribution is 5.85. The summed E-state index contributed by atoms with van der Waals surface area (Å²) in [6.07, 6.45) is 1.88. The number of hydrogen-bond acceptors (Lipinski definition) is 1. The summed E-state index contributed by atoms with van der Waals surface area (Å²) in [5.41, 5.74) is 12.3. The fourth-order valence-electron chi connectivity index (χ4n) is 1.25. The van der Waals surface area contributed by atoms with E-state index >= 15 is 0 Å². The molecule has 0 saturated heterocycles. The van der Waals surface area contributed by atoms with E-state index in [-0.39, 0.29) is 5.96 Å². The zero-order valence-electron chi connectivity index (χ0n) is 6.99. The molecule has 1 aromatic heterocycles. The van der Waals surface area contributed by atoms with Crippen molar-refractivity contribution in [3.63, 3.8) is 0 Å². The number of guanidine groups is 1. The number of nitrogens with one attached hydrogen (secondary N) is 1. The monoisotopic (exact) mass is 174 g/mol. The first-order chi connectivity index (χ1) is 6.25. The first-order valence-electron chi connectivity index (χ1n) is 3.92. The van der Waals surface area contributed by atoms with Crippen LogP contribution in [-0.2, 0) is 0 Å². The molecule has 4 heteroatoms. The number of nitrogens with zero attached hydrogens (tertiary/aromatic N) is 1. The van der Waals surface area contributed by atoms with Crippen LogP contribution in [0.2, 0.25) is 0 Å². The molecule has 1 heterocycles. The van der Waals surface area contributed by atoms with Crippen LogP contribution < -0.4 is 11.5 Å². The van der Waals surface area contributed by atoms with Crippen molar-refractivity contribution in [2.24, 2.45) is 16.5 Å². The van der Waals surface area contributed by atoms with Crippen LogP contribution in [0, 0.1) is 0 Å². The van der Waals surface area contributed by atoms with Gasteiger partial charge in [-0.1, -0.05) is 6.07 Å². The van der Waals surface area contributed by atoms with Gasteiger partial charge < -0.3 is 16.5 Å². The van der Waals surface area contributed by atoms with Crippen LogP contribution in [0.1, 0.15) is 0 Å². The Bertz CT molecular complexity index is 451. The van der Waals surface area contributed by atoms with Crippen molar-refractivity contribution >= 4 is 22.5 Å². The van der Waals surface area contributed by atoms with Gasteiger partial charge in [-0.15, -0.1) is 0 Å². The summed E-state index contributed by atoms with van der Waals surface area (Å²) in [6, 6.07) is 7.73. The lowest BCUT2D eigenvalue weighted by Crippen LogP contribution is -2.21. The second-order valence-electron chi connectivity index (χ2n) is 2.79. The van der Waals surface area contributed by atoms with Gasteiger partial charge in [0.25, 0.3) is 0 Å². The molecule has 1 aromatic carbocycles. The molecule has 4 nitrogen and oxygen atoms in total. The Morgan fingerprint density at radius 1 is 1.23 bits per heavy atom. The highest BCUT2D eigenvalue weighted by Crippen LogP contribution is 2.19. The second kappa shape index (κ2) is 2.82. The maximum absolute atomic E-state index is 5.26. The van der Waals surface area contributed by atoms with Gasteiger partial charge in [-0.25, -0.2) is 4.99 Å². The van der Waals surface area contributed by atoms with E-state index in [4.69, 9.17) is 11.5 Å². The first-order valence-corrected chi connectivity index (χ1v) is 3.92. The molecule has 0 radical (unpaired) electrons. The van der Waals surface area contributed by atoms with E-state index in [9.17, 15) is 0 Å². The molecule has 0 spiro atoms. The third kappa shape index (κ3) is 1.46. The van der Waals surface area contributed by atoms with Gasteiger partial charge >= 0.3 is 0 Å². The molecule has 0 amide bonds. The van der Waals surface area contributed by atoms with Crippen LogP contribution in [-0.4, -0.2) is 10.9 Å². The normalized spacial score (nSPS) is 10.2. The molecule has 0 atom stereocenters. The van der Waals surface area contributed by atoms with E-state index in [1.807, 2.05) is 30.5 Å². The highest BCUT2D eigenvalue weighted by atomic mass is 15.0. The molecule has 0 aliphatic rings. The van der Waals surface area contributed by atoms with Crippen LogP contribution >= 0.6 is 0 Å². The van der Waals surface area contributed by atoms with Crippen molar-refractivity contribution in [1.82, 2.24) is 4.98 Å². The lowest BCUT2D eigenvalue weighted by molar-refractivity contribution is 1.42. The number of aromatic amines is 1. The van der Waals surface area contributed by atoms with E-state index in [1.165, 1.54) is 0 Å². The fourth-order valence-corrected chi connectivity index (χ4v) is 1.25. The van der Waals surface area contributed by atoms with Crippen molar-refractivity contribution in [3.05, 3.63) is 30.5 Å². The van der Waals surface area contributed by atoms with E-state index in [1.54, 1.807) is 0 Å². The Kier molecular flexibility index (Phi) is 1.66. The number of aromatic nitrogens is 1. The van der Waals surface area contributed by atoms with Crippen LogP contribution in [0.15, 0.2) is 35.5 Å². The number of H-pyrrole nitrogens is 1. The molecule has 2 rings (SSSR count). The molecule has 0 unspecified atom stereocenters. The summed E-state index contributed by atoms with van der Waals surface area (Å²) in [5, 5.41) is 1.15. The minimum Gasteiger partial charge on any atom is -0.370 e. The van der Waals surface area contributed by atoms with Gasteiger partial charge in [-0.05, 0) is 23.6 Å². The predicted molar refractivity (Wildman–Crippen MR) is 53.8 cm³/mol. The quantitative estimate of drug-likeness (QED) is 0.446. The maximum Gasteiger partial charge on any atom is 0.191 e. The SMILES string of the molecule is NC(N)=Nc1ccc2cc[nH]c2c1. The van der Waals surface area contributed by atoms with Crippen molar-refractivity contribution < 1.29 is 0 Å². The van der Waals surface area contributed by atoms with Gasteiger partial charge in [0, 0.05) is 11.7 Å². The first kappa shape index (κ1) is 7.67. The lowest BCUT2D eigenvalue weighted by Gasteiger charge is -1.94. The largest absolute Gasteiger partial charge is 0.370 e. The van der Waals surface area contributed by atoms with E-state index in [0.29, 0.717) is 0 Å². The Balaban J connectivity index is 2.54. The Morgan fingerprint density at radius 2 is 2.08 bits per heavy atom. The number of fused-ring (bicyclic) bond motifs is 1. The van der Waals surface area contributed by atoms with Crippen LogP contribution in [0.4, 0.5) is 5.69 Å². The third-order valence-electron chi connectivity index (χ3n) is 1.80. The molecule has 0 bridgehead atoms. The average Bonchev–Trinajstić information content (AvgIpc) is 2.49. The minimum absolute atomic E-state index is 0.0749. The van der Waals surface area contributed by atoms with Crippen molar-refractivity contribution in [1.29, 1.82) is 0 Å². The third-order valence-corrected chi connectivity index (χ3v) is 1.80. The van der Waals surface area contributed by atoms with E-state index in [2.05, 4.69) is 9.98 Å². The van der Waals surface area contributed by atoms with Gasteiger partial charge in [0.15, 0.2) is 5.96 Å². The smallest absolute Gasteiger partial charge is 0.191 e. The van der Waals surface area contributed by atoms with Gasteiger partial charge in [0.05, 0.1) is 5.69 Å². The molecule has 0 fully saturated rings. The summed E-state index contributed by atoms with van der Waals surface area (Å²) >= 11 is 0. The van der Waals surface area contributed by atoms with E-state index in [0.717, 1.165) is 16.6 Å². The summed E-state index contributed by atoms with van der Waals surface area (Å²) in [6.45, 7) is 0. The van der Waals surface area contributed by atoms with Crippen molar-refractivity contribution in [3.8, 4) is 0 Å². The maximum atomic E-state index is 5.26. The zero-order valence-corrected chi connectivity index (χ0v) is 6.99. The summed E-state index contributed by atoms with van der Waals surface area (Å²) in [7, 11) is 0. The standard InChI is InChI=1S/C9H10N4/c10-9(11)13-7-2-1-6-3-4-12-8(6)5-7/h1-5,12H,(H4,10,11,13). The molecule has 0 aliphatic heterocycles. The summed E-state index contributed by atoms with van der Waals surface area (Å²) in [5.74, 6) is 0.0749. The van der Waals surface area contributed by atoms with Gasteiger partial charge in [-0.2, -0.15) is 0 Å². The Hall–Kier alpha value is -1.97. The van der Waals surface area contributed by atoms with E-state index < -0.39 is 0 Å². The number of benzene rings is 1. The van der Waals surface area contributed by atoms with Crippen molar-refractivity contribution in [2.45, 2.75) is 0 Å². The zero-order chi connectivity index (χ0) is 9.26. The molecule has 0 aliphatic carbocycles. The molecule has 13 heavy (non-hydrogen) atoms. The highest BCUT2D eigenvalue weighted by Gasteiger charge is 1.95. The summed E-state index contributed by atoms with van der Waals surface area (Å²) < 4.78 is 0. The number of aliphatic imine (C=N–C) groups is 1. The predicted octanol–water partition coefficient (Wildman–Crippen LogP) is 1.07. The number of rotatable bonds is 1. The second-order valence-corrected chi connectivity index (χ2v) is 2.79. The topological polar surface area (TPSA) is 80.2 Å². The van der Waals surface area contributed by atoms with Crippen LogP contribution in [0.5, 0.6) is 0 Å². The molecular weight excluding hydrogens is 164 g/mol. The number of nitrogens with two attached hydrogens (primary N) is 2. The molecule has 66 valence electrons.